The highest BCUT2D eigenvalue weighted by Gasteiger charge is 2.34. The smallest absolute Gasteiger partial charge is 0.271 e. The largest absolute Gasteiger partial charge is 0.379 e. The second kappa shape index (κ2) is 7.87. The average Bonchev–Trinajstić information content (AvgIpc) is 3.08. The van der Waals surface area contributed by atoms with Crippen molar-refractivity contribution in [2.75, 3.05) is 47.2 Å². The Morgan fingerprint density at radius 2 is 2.08 bits per heavy atom. The number of nitrogens with zero attached hydrogens (tertiary/aromatic N) is 3. The Morgan fingerprint density at radius 1 is 1.38 bits per heavy atom. The normalized spacial score (nSPS) is 21.6. The minimum Gasteiger partial charge on any atom is -0.379 e. The molecule has 0 unspecified atom stereocenters. The van der Waals surface area contributed by atoms with Gasteiger partial charge in [-0.2, -0.15) is 0 Å². The first-order chi connectivity index (χ1) is 11.2. The molecule has 24 heavy (non-hydrogen) atoms. The maximum absolute atomic E-state index is 12.3. The lowest BCUT2D eigenvalue weighted by atomic mass is 10.1. The number of hydrogen-bond acceptors (Lipinski definition) is 7. The van der Waals surface area contributed by atoms with Crippen LogP contribution in [0, 0.1) is 5.92 Å². The molecule has 0 aromatic carbocycles. The Morgan fingerprint density at radius 3 is 2.71 bits per heavy atom. The lowest BCUT2D eigenvalue weighted by Crippen LogP contribution is -2.43. The van der Waals surface area contributed by atoms with Crippen molar-refractivity contribution in [1.82, 2.24) is 19.5 Å². The van der Waals surface area contributed by atoms with Gasteiger partial charge in [-0.3, -0.25) is 4.79 Å². The minimum absolute atomic E-state index is 0.0477. The van der Waals surface area contributed by atoms with Crippen LogP contribution in [0.1, 0.15) is 15.5 Å². The van der Waals surface area contributed by atoms with Gasteiger partial charge in [-0.15, -0.1) is 11.3 Å². The van der Waals surface area contributed by atoms with Crippen LogP contribution in [-0.2, 0) is 21.3 Å². The third-order valence-corrected chi connectivity index (χ3v) is 6.53. The van der Waals surface area contributed by atoms with Crippen LogP contribution in [0.4, 0.5) is 0 Å². The van der Waals surface area contributed by atoms with Gasteiger partial charge in [0.25, 0.3) is 5.91 Å². The van der Waals surface area contributed by atoms with Gasteiger partial charge < -0.3 is 15.0 Å². The van der Waals surface area contributed by atoms with E-state index in [-0.39, 0.29) is 23.6 Å². The van der Waals surface area contributed by atoms with Crippen molar-refractivity contribution >= 4 is 27.3 Å². The lowest BCUT2D eigenvalue weighted by Gasteiger charge is -2.20. The first-order valence-electron chi connectivity index (χ1n) is 7.57. The third-order valence-electron chi connectivity index (χ3n) is 3.73. The molecule has 0 aliphatic carbocycles. The standard InChI is InChI=1S/C14H24N4O4S2/c1-17(2)5-13-15-12(8-23-13)14(19)16-11-7-22-6-10(11)9-24(20,21)18(3)4/h8,10-11H,5-7,9H2,1-4H3,(H,16,19)/t10-,11+/m0/s1. The van der Waals surface area contributed by atoms with Crippen LogP contribution in [0.25, 0.3) is 0 Å². The second-order valence-electron chi connectivity index (χ2n) is 6.30. The summed E-state index contributed by atoms with van der Waals surface area (Å²) in [5.41, 5.74) is 0.359. The molecule has 2 rings (SSSR count). The molecule has 0 bridgehead atoms. The number of amides is 1. The Bertz CT molecular complexity index is 672. The van der Waals surface area contributed by atoms with Crippen molar-refractivity contribution in [3.8, 4) is 0 Å². The Hall–Kier alpha value is -1.07. The van der Waals surface area contributed by atoms with Crippen LogP contribution in [0.2, 0.25) is 0 Å². The van der Waals surface area contributed by atoms with Gasteiger partial charge >= 0.3 is 0 Å². The molecular weight excluding hydrogens is 352 g/mol. The first kappa shape index (κ1) is 19.3. The molecule has 1 amide bonds. The number of aromatic nitrogens is 1. The highest BCUT2D eigenvalue weighted by Crippen LogP contribution is 2.18. The number of hydrogen-bond donors (Lipinski definition) is 1. The molecule has 8 nitrogen and oxygen atoms in total. The summed E-state index contributed by atoms with van der Waals surface area (Å²) in [5.74, 6) is -0.603. The van der Waals surface area contributed by atoms with Gasteiger partial charge in [0.05, 0.1) is 25.0 Å². The number of thiazole rings is 1. The van der Waals surface area contributed by atoms with Gasteiger partial charge in [0.15, 0.2) is 0 Å². The number of carbonyl (C=O) groups excluding carboxylic acids is 1. The molecular formula is C14H24N4O4S2. The Labute approximate surface area is 146 Å². The molecule has 1 N–H and O–H groups in total. The summed E-state index contributed by atoms with van der Waals surface area (Å²) >= 11 is 1.43. The number of rotatable bonds is 7. The maximum Gasteiger partial charge on any atom is 0.271 e. The van der Waals surface area contributed by atoms with E-state index in [1.165, 1.54) is 29.7 Å². The van der Waals surface area contributed by atoms with Gasteiger partial charge in [0.2, 0.25) is 10.0 Å². The van der Waals surface area contributed by atoms with Crippen molar-refractivity contribution in [2.45, 2.75) is 12.6 Å². The zero-order valence-electron chi connectivity index (χ0n) is 14.4. The van der Waals surface area contributed by atoms with Gasteiger partial charge in [-0.1, -0.05) is 0 Å². The predicted octanol–water partition coefficient (Wildman–Crippen LogP) is -0.159. The molecule has 10 heteroatoms. The van der Waals surface area contributed by atoms with E-state index in [0.717, 1.165) is 5.01 Å². The van der Waals surface area contributed by atoms with E-state index in [1.807, 2.05) is 19.0 Å². The molecule has 1 aromatic heterocycles. The summed E-state index contributed by atoms with van der Waals surface area (Å²) in [7, 11) is 3.53. The van der Waals surface area contributed by atoms with Crippen molar-refractivity contribution in [3.05, 3.63) is 16.1 Å². The molecule has 1 aromatic rings. The van der Waals surface area contributed by atoms with E-state index in [4.69, 9.17) is 4.74 Å². The summed E-state index contributed by atoms with van der Waals surface area (Å²) in [6.45, 7) is 1.31. The lowest BCUT2D eigenvalue weighted by molar-refractivity contribution is 0.0921. The van der Waals surface area contributed by atoms with Gasteiger partial charge in [-0.05, 0) is 14.1 Å². The number of ether oxygens (including phenoxy) is 1. The second-order valence-corrected chi connectivity index (χ2v) is 9.47. The molecule has 2 heterocycles. The SMILES string of the molecule is CN(C)Cc1nc(C(=O)N[C@@H]2COC[C@H]2CS(=O)(=O)N(C)C)cs1. The van der Waals surface area contributed by atoms with Crippen molar-refractivity contribution in [2.24, 2.45) is 5.92 Å². The number of carbonyl (C=O) groups is 1. The molecule has 0 radical (unpaired) electrons. The molecule has 1 fully saturated rings. The van der Waals surface area contributed by atoms with Gasteiger partial charge in [0, 0.05) is 31.9 Å². The van der Waals surface area contributed by atoms with E-state index >= 15 is 0 Å². The van der Waals surface area contributed by atoms with Crippen molar-refractivity contribution in [1.29, 1.82) is 0 Å². The van der Waals surface area contributed by atoms with Crippen LogP contribution < -0.4 is 5.32 Å². The summed E-state index contributed by atoms with van der Waals surface area (Å²) in [6, 6.07) is -0.328. The van der Waals surface area contributed by atoms with Crippen LogP contribution in [0.5, 0.6) is 0 Å². The molecule has 2 atom stereocenters. The fraction of sp³-hybridized carbons (Fsp3) is 0.714. The molecule has 0 spiro atoms. The fourth-order valence-corrected chi connectivity index (χ4v) is 4.40. The summed E-state index contributed by atoms with van der Waals surface area (Å²) in [4.78, 5) is 18.6. The van der Waals surface area contributed by atoms with Gasteiger partial charge in [-0.25, -0.2) is 17.7 Å². The van der Waals surface area contributed by atoms with Crippen LogP contribution >= 0.6 is 11.3 Å². The zero-order valence-corrected chi connectivity index (χ0v) is 16.0. The summed E-state index contributed by atoms with van der Waals surface area (Å²) in [5, 5.41) is 5.44. The van der Waals surface area contributed by atoms with E-state index in [0.29, 0.717) is 25.5 Å². The van der Waals surface area contributed by atoms with E-state index < -0.39 is 10.0 Å². The minimum atomic E-state index is -3.34. The van der Waals surface area contributed by atoms with Gasteiger partial charge in [0.1, 0.15) is 10.7 Å². The molecule has 1 saturated heterocycles. The van der Waals surface area contributed by atoms with Crippen LogP contribution in [0.3, 0.4) is 0 Å². The number of sulfonamides is 1. The monoisotopic (exact) mass is 376 g/mol. The molecule has 136 valence electrons. The summed E-state index contributed by atoms with van der Waals surface area (Å²) in [6.07, 6.45) is 0. The zero-order chi connectivity index (χ0) is 17.9. The van der Waals surface area contributed by atoms with E-state index in [9.17, 15) is 13.2 Å². The van der Waals surface area contributed by atoms with Crippen molar-refractivity contribution in [3.63, 3.8) is 0 Å². The average molecular weight is 377 g/mol. The molecule has 1 aliphatic heterocycles. The first-order valence-corrected chi connectivity index (χ1v) is 10.1. The van der Waals surface area contributed by atoms with Crippen LogP contribution in [0.15, 0.2) is 5.38 Å². The fourth-order valence-electron chi connectivity index (χ4n) is 2.34. The topological polar surface area (TPSA) is 91.8 Å². The highest BCUT2D eigenvalue weighted by molar-refractivity contribution is 7.89. The number of nitrogens with one attached hydrogen (secondary N) is 1. The van der Waals surface area contributed by atoms with E-state index in [1.54, 1.807) is 5.38 Å². The van der Waals surface area contributed by atoms with E-state index in [2.05, 4.69) is 10.3 Å². The highest BCUT2D eigenvalue weighted by atomic mass is 32.2. The Kier molecular flexibility index (Phi) is 6.32. The molecule has 0 saturated carbocycles. The summed E-state index contributed by atoms with van der Waals surface area (Å²) < 4.78 is 30.6. The van der Waals surface area contributed by atoms with Crippen LogP contribution in [-0.4, -0.2) is 81.7 Å². The maximum atomic E-state index is 12.3. The third kappa shape index (κ3) is 4.96. The Balaban J connectivity index is 1.98. The quantitative estimate of drug-likeness (QED) is 0.711. The molecule has 1 aliphatic rings. The predicted molar refractivity (Wildman–Crippen MR) is 92.5 cm³/mol. The van der Waals surface area contributed by atoms with Crippen molar-refractivity contribution < 1.29 is 17.9 Å².